The molecule has 0 fully saturated rings. The lowest BCUT2D eigenvalue weighted by Gasteiger charge is -2.13. The topological polar surface area (TPSA) is 193 Å². The smallest absolute Gasteiger partial charge is 0.344 e. The summed E-state index contributed by atoms with van der Waals surface area (Å²) in [5.41, 5.74) is 15.0. The average molecular weight is 807 g/mol. The van der Waals surface area contributed by atoms with Crippen LogP contribution in [-0.4, -0.2) is 49.5 Å². The van der Waals surface area contributed by atoms with E-state index in [1.165, 1.54) is 36.3 Å². The molecule has 0 aliphatic rings. The third-order valence-corrected chi connectivity index (χ3v) is 11.1. The number of nitrogens with one attached hydrogen (secondary N) is 4. The summed E-state index contributed by atoms with van der Waals surface area (Å²) in [6.45, 7) is 16.8. The fraction of sp³-hybridized carbons (Fsp3) is 0.304. The minimum Gasteiger partial charge on any atom is -0.360 e. The fourth-order valence-corrected chi connectivity index (χ4v) is 7.71. The van der Waals surface area contributed by atoms with Crippen molar-refractivity contribution in [1.82, 2.24) is 49.5 Å². The molecule has 0 spiro atoms. The lowest BCUT2D eigenvalue weighted by atomic mass is 9.94. The van der Waals surface area contributed by atoms with Gasteiger partial charge in [-0.05, 0) is 133 Å². The molecular weight excluding hydrogens is 757 g/mol. The van der Waals surface area contributed by atoms with E-state index in [1.807, 2.05) is 64.4 Å². The molecule has 0 unspecified atom stereocenters. The van der Waals surface area contributed by atoms with Crippen molar-refractivity contribution in [2.45, 2.75) is 80.1 Å². The summed E-state index contributed by atoms with van der Waals surface area (Å²) in [5, 5.41) is 8.27. The Bertz CT molecular complexity index is 2920. The van der Waals surface area contributed by atoms with Crippen LogP contribution in [0.1, 0.15) is 95.4 Å². The second kappa shape index (κ2) is 16.4. The first kappa shape index (κ1) is 41.2. The van der Waals surface area contributed by atoms with Gasteiger partial charge in [-0.3, -0.25) is 29.5 Å². The molecule has 4 N–H and O–H groups in total. The highest BCUT2D eigenvalue weighted by atomic mass is 16.2. The maximum absolute atomic E-state index is 12.2. The van der Waals surface area contributed by atoms with Crippen molar-refractivity contribution in [2.24, 2.45) is 14.1 Å². The monoisotopic (exact) mass is 806 g/mol. The summed E-state index contributed by atoms with van der Waals surface area (Å²) < 4.78 is 2.27. The van der Waals surface area contributed by atoms with E-state index >= 15 is 0 Å². The van der Waals surface area contributed by atoms with E-state index in [0.29, 0.717) is 35.8 Å². The van der Waals surface area contributed by atoms with Gasteiger partial charge in [0.1, 0.15) is 0 Å². The maximum Gasteiger partial charge on any atom is 0.344 e. The van der Waals surface area contributed by atoms with Crippen LogP contribution in [0.5, 0.6) is 0 Å². The van der Waals surface area contributed by atoms with Crippen LogP contribution in [0.3, 0.4) is 0 Å². The predicted molar refractivity (Wildman–Crippen MR) is 236 cm³/mol. The molecule has 0 saturated carbocycles. The number of nitrogens with zero attached hydrogens (tertiary/aromatic N) is 6. The molecule has 8 aromatic rings. The van der Waals surface area contributed by atoms with Gasteiger partial charge in [0.25, 0.3) is 11.1 Å². The number of benzene rings is 2. The molecule has 6 aromatic heterocycles. The van der Waals surface area contributed by atoms with Crippen molar-refractivity contribution in [3.8, 4) is 22.5 Å². The fourth-order valence-electron chi connectivity index (χ4n) is 7.71. The van der Waals surface area contributed by atoms with Gasteiger partial charge in [0.2, 0.25) is 0 Å². The maximum atomic E-state index is 12.2. The van der Waals surface area contributed by atoms with Gasteiger partial charge in [-0.25, -0.2) is 19.0 Å². The molecule has 0 aliphatic heterocycles. The minimum atomic E-state index is -0.527. The third-order valence-electron chi connectivity index (χ3n) is 11.1. The van der Waals surface area contributed by atoms with Gasteiger partial charge in [-0.15, -0.1) is 0 Å². The average Bonchev–Trinajstić information content (AvgIpc) is 3.82. The highest BCUT2D eigenvalue weighted by molar-refractivity contribution is 5.80. The second-order valence-corrected chi connectivity index (χ2v) is 16.2. The number of rotatable bonds is 8. The molecule has 14 heteroatoms. The molecule has 6 heterocycles. The van der Waals surface area contributed by atoms with E-state index in [-0.39, 0.29) is 11.4 Å². The van der Waals surface area contributed by atoms with Crippen LogP contribution in [0.2, 0.25) is 0 Å². The van der Waals surface area contributed by atoms with Crippen molar-refractivity contribution in [1.29, 1.82) is 0 Å². The number of H-pyrrole nitrogens is 4. The molecule has 0 radical (unpaired) electrons. The van der Waals surface area contributed by atoms with Gasteiger partial charge < -0.3 is 9.97 Å². The summed E-state index contributed by atoms with van der Waals surface area (Å²) in [4.78, 5) is 68.7. The molecule has 0 atom stereocenters. The quantitative estimate of drug-likeness (QED) is 0.131. The minimum absolute atomic E-state index is 0.239. The molecular formula is C46H50N10O4. The summed E-state index contributed by atoms with van der Waals surface area (Å²) in [7, 11) is 3.04. The van der Waals surface area contributed by atoms with Crippen LogP contribution < -0.4 is 22.5 Å². The van der Waals surface area contributed by atoms with E-state index in [2.05, 4.69) is 82.1 Å². The Kier molecular flexibility index (Phi) is 11.2. The Morgan fingerprint density at radius 2 is 0.900 bits per heavy atom. The zero-order valence-electron chi connectivity index (χ0n) is 35.7. The molecule has 0 saturated heterocycles. The van der Waals surface area contributed by atoms with Crippen LogP contribution in [0.25, 0.3) is 44.6 Å². The standard InChI is InChI=1S/2C23H25N5O2/c2*1-12(2)18-11-24-19-7-6-16(25-21(18)19)10-17-13(3)8-15(9-14(17)4)20-22(29)26-23(30)28(5)27-20/h2*6-9,11-12,24H,10H2,1-5H3,(H,26,29,30). The third kappa shape index (κ3) is 8.17. The lowest BCUT2D eigenvalue weighted by Crippen LogP contribution is -2.31. The molecule has 0 amide bonds. The van der Waals surface area contributed by atoms with Gasteiger partial charge in [0, 0.05) is 61.8 Å². The molecule has 8 rings (SSSR count). The summed E-state index contributed by atoms with van der Waals surface area (Å²) in [6, 6.07) is 16.0. The van der Waals surface area contributed by atoms with E-state index < -0.39 is 22.5 Å². The first-order valence-electron chi connectivity index (χ1n) is 20.0. The van der Waals surface area contributed by atoms with E-state index in [1.54, 1.807) is 0 Å². The Balaban J connectivity index is 0.000000181. The number of hydrogen-bond acceptors (Lipinski definition) is 8. The summed E-state index contributed by atoms with van der Waals surface area (Å²) in [6.07, 6.45) is 5.48. The Morgan fingerprint density at radius 3 is 1.23 bits per heavy atom. The van der Waals surface area contributed by atoms with Crippen LogP contribution in [0.4, 0.5) is 0 Å². The molecule has 14 nitrogen and oxygen atoms in total. The molecule has 0 aliphatic carbocycles. The van der Waals surface area contributed by atoms with E-state index in [4.69, 9.17) is 9.97 Å². The predicted octanol–water partition coefficient (Wildman–Crippen LogP) is 6.69. The SMILES string of the molecule is Cc1cc(-c2nn(C)c(=O)[nH]c2=O)cc(C)c1Cc1ccc2[nH]cc(C(C)C)c2n1.Cc1cc(-c2nn(C)c(=O)[nH]c2=O)cc(C)c1Cc1ccc2[nH]cc(C(C)C)c2n1. The number of aryl methyl sites for hydroxylation is 6. The van der Waals surface area contributed by atoms with Crippen molar-refractivity contribution < 1.29 is 0 Å². The Morgan fingerprint density at radius 1 is 0.550 bits per heavy atom. The van der Waals surface area contributed by atoms with Gasteiger partial charge >= 0.3 is 11.4 Å². The van der Waals surface area contributed by atoms with Crippen molar-refractivity contribution in [3.63, 3.8) is 0 Å². The first-order chi connectivity index (χ1) is 28.5. The highest BCUT2D eigenvalue weighted by Gasteiger charge is 2.17. The van der Waals surface area contributed by atoms with E-state index in [0.717, 1.165) is 65.1 Å². The zero-order valence-corrected chi connectivity index (χ0v) is 35.7. The summed E-state index contributed by atoms with van der Waals surface area (Å²) >= 11 is 0. The number of aromatic amines is 4. The largest absolute Gasteiger partial charge is 0.360 e. The number of aromatic nitrogens is 10. The molecule has 60 heavy (non-hydrogen) atoms. The first-order valence-corrected chi connectivity index (χ1v) is 20.0. The Hall–Kier alpha value is -6.96. The van der Waals surface area contributed by atoms with Crippen LogP contribution in [0, 0.1) is 27.7 Å². The lowest BCUT2D eigenvalue weighted by molar-refractivity contribution is 0.671. The molecule has 0 bridgehead atoms. The van der Waals surface area contributed by atoms with Crippen LogP contribution in [0.15, 0.2) is 80.1 Å². The normalized spacial score (nSPS) is 11.5. The highest BCUT2D eigenvalue weighted by Crippen LogP contribution is 2.29. The van der Waals surface area contributed by atoms with Crippen molar-refractivity contribution in [3.05, 3.63) is 158 Å². The van der Waals surface area contributed by atoms with Gasteiger partial charge in [0.15, 0.2) is 11.4 Å². The van der Waals surface area contributed by atoms with Crippen LogP contribution >= 0.6 is 0 Å². The zero-order chi connectivity index (χ0) is 43.2. The van der Waals surface area contributed by atoms with Crippen LogP contribution in [-0.2, 0) is 26.9 Å². The molecule has 2 aromatic carbocycles. The van der Waals surface area contributed by atoms with Crippen molar-refractivity contribution >= 4 is 22.1 Å². The van der Waals surface area contributed by atoms with Gasteiger partial charge in [-0.2, -0.15) is 10.2 Å². The number of fused-ring (bicyclic) bond motifs is 2. The van der Waals surface area contributed by atoms with Gasteiger partial charge in [0.05, 0.1) is 22.1 Å². The summed E-state index contributed by atoms with van der Waals surface area (Å²) in [5.74, 6) is 0.799. The van der Waals surface area contributed by atoms with Crippen molar-refractivity contribution in [2.75, 3.05) is 0 Å². The number of pyridine rings is 2. The number of hydrogen-bond donors (Lipinski definition) is 4. The second-order valence-electron chi connectivity index (χ2n) is 16.2. The van der Waals surface area contributed by atoms with Gasteiger partial charge in [-0.1, -0.05) is 27.7 Å². The Labute approximate surface area is 345 Å². The molecule has 308 valence electrons. The van der Waals surface area contributed by atoms with E-state index in [9.17, 15) is 19.2 Å².